The predicted molar refractivity (Wildman–Crippen MR) is 130 cm³/mol. The molecule has 174 valence electrons. The molecule has 34 heavy (non-hydrogen) atoms. The first-order valence-electron chi connectivity index (χ1n) is 10.9. The van der Waals surface area contributed by atoms with Crippen LogP contribution in [0, 0.1) is 6.92 Å². The number of fused-ring (bicyclic) bond motifs is 2. The van der Waals surface area contributed by atoms with E-state index >= 15 is 0 Å². The number of hydrogen-bond acceptors (Lipinski definition) is 6. The molecule has 0 aliphatic carbocycles. The number of ether oxygens (including phenoxy) is 2. The molecule has 1 N–H and O–H groups in total. The molecular formula is C25H23N3O5S. The molecule has 3 heterocycles. The van der Waals surface area contributed by atoms with Crippen molar-refractivity contribution in [3.8, 4) is 11.5 Å². The number of carbonyl (C=O) groups is 1. The van der Waals surface area contributed by atoms with Crippen molar-refractivity contribution in [2.75, 3.05) is 6.79 Å². The average molecular weight is 478 g/mol. The van der Waals surface area contributed by atoms with Gasteiger partial charge >= 0.3 is 5.69 Å². The van der Waals surface area contributed by atoms with Crippen molar-refractivity contribution in [1.82, 2.24) is 14.5 Å². The number of rotatable bonds is 7. The molecule has 1 aliphatic heterocycles. The van der Waals surface area contributed by atoms with E-state index in [-0.39, 0.29) is 31.2 Å². The lowest BCUT2D eigenvalue weighted by molar-refractivity contribution is -0.121. The van der Waals surface area contributed by atoms with Crippen molar-refractivity contribution >= 4 is 27.5 Å². The van der Waals surface area contributed by atoms with Crippen LogP contribution in [0.2, 0.25) is 0 Å². The zero-order valence-corrected chi connectivity index (χ0v) is 19.4. The zero-order valence-electron chi connectivity index (χ0n) is 18.6. The molecule has 4 aromatic rings. The Morgan fingerprint density at radius 3 is 2.74 bits per heavy atom. The topological polar surface area (TPSA) is 91.6 Å². The van der Waals surface area contributed by atoms with Gasteiger partial charge in [-0.1, -0.05) is 30.3 Å². The van der Waals surface area contributed by atoms with Crippen LogP contribution in [0.4, 0.5) is 0 Å². The molecule has 0 fully saturated rings. The van der Waals surface area contributed by atoms with E-state index in [2.05, 4.69) is 5.32 Å². The van der Waals surface area contributed by atoms with Gasteiger partial charge in [0.2, 0.25) is 12.7 Å². The molecule has 1 aliphatic rings. The fourth-order valence-corrected chi connectivity index (χ4v) is 4.84. The Morgan fingerprint density at radius 2 is 1.88 bits per heavy atom. The highest BCUT2D eigenvalue weighted by Crippen LogP contribution is 2.32. The summed E-state index contributed by atoms with van der Waals surface area (Å²) in [6.45, 7) is 2.86. The number of amides is 1. The minimum Gasteiger partial charge on any atom is -0.454 e. The Bertz CT molecular complexity index is 1500. The summed E-state index contributed by atoms with van der Waals surface area (Å²) in [7, 11) is 0. The van der Waals surface area contributed by atoms with Crippen molar-refractivity contribution in [3.63, 3.8) is 0 Å². The maximum absolute atomic E-state index is 13.3. The van der Waals surface area contributed by atoms with E-state index in [4.69, 9.17) is 9.47 Å². The van der Waals surface area contributed by atoms with Crippen molar-refractivity contribution in [3.05, 3.63) is 91.4 Å². The van der Waals surface area contributed by atoms with Gasteiger partial charge in [-0.25, -0.2) is 4.79 Å². The summed E-state index contributed by atoms with van der Waals surface area (Å²) in [6.07, 6.45) is 0.0148. The Labute approximate surface area is 199 Å². The van der Waals surface area contributed by atoms with E-state index in [9.17, 15) is 14.4 Å². The van der Waals surface area contributed by atoms with Crippen LogP contribution in [-0.4, -0.2) is 21.8 Å². The first kappa shape index (κ1) is 22.0. The zero-order chi connectivity index (χ0) is 23.7. The molecule has 0 saturated heterocycles. The molecule has 2 aromatic heterocycles. The van der Waals surface area contributed by atoms with Crippen LogP contribution in [0.1, 0.15) is 23.1 Å². The molecular weight excluding hydrogens is 454 g/mol. The minimum atomic E-state index is -0.414. The average Bonchev–Trinajstić information content (AvgIpc) is 3.51. The van der Waals surface area contributed by atoms with Crippen molar-refractivity contribution < 1.29 is 14.3 Å². The lowest BCUT2D eigenvalue weighted by atomic mass is 10.1. The number of carbonyl (C=O) groups excluding carboxylic acids is 1. The SMILES string of the molecule is Cc1ccccc1Cn1c(=O)n(CCC(=O)NCc2ccc3c(c2)OCO3)c(=O)c2sccc21. The standard InChI is InChI=1S/C25H23N3O5S/c1-16-4-2-3-5-18(16)14-28-19-9-11-34-23(19)24(30)27(25(28)31)10-8-22(29)26-13-17-6-7-20-21(12-17)33-15-32-20/h2-7,9,11-12H,8,10,13-15H2,1H3,(H,26,29). The van der Waals surface area contributed by atoms with E-state index in [1.54, 1.807) is 16.7 Å². The fraction of sp³-hybridized carbons (Fsp3) is 0.240. The number of nitrogens with zero attached hydrogens (tertiary/aromatic N) is 2. The summed E-state index contributed by atoms with van der Waals surface area (Å²) < 4.78 is 13.9. The Kier molecular flexibility index (Phi) is 5.93. The largest absolute Gasteiger partial charge is 0.454 e. The molecule has 1 amide bonds. The van der Waals surface area contributed by atoms with E-state index < -0.39 is 5.69 Å². The quantitative estimate of drug-likeness (QED) is 0.442. The van der Waals surface area contributed by atoms with Crippen molar-refractivity contribution in [2.45, 2.75) is 33.0 Å². The van der Waals surface area contributed by atoms with Crippen LogP contribution in [-0.2, 0) is 24.4 Å². The van der Waals surface area contributed by atoms with Crippen LogP contribution in [0.3, 0.4) is 0 Å². The van der Waals surface area contributed by atoms with E-state index in [0.29, 0.717) is 34.8 Å². The summed E-state index contributed by atoms with van der Waals surface area (Å²) >= 11 is 1.30. The van der Waals surface area contributed by atoms with Gasteiger partial charge in [-0.2, -0.15) is 0 Å². The second-order valence-electron chi connectivity index (χ2n) is 8.10. The molecule has 0 spiro atoms. The molecule has 8 nitrogen and oxygen atoms in total. The molecule has 0 atom stereocenters. The van der Waals surface area contributed by atoms with E-state index in [1.807, 2.05) is 48.7 Å². The van der Waals surface area contributed by atoms with Crippen molar-refractivity contribution in [2.24, 2.45) is 0 Å². The maximum Gasteiger partial charge on any atom is 0.331 e. The third kappa shape index (κ3) is 4.22. The van der Waals surface area contributed by atoms with E-state index in [0.717, 1.165) is 21.3 Å². The number of aromatic nitrogens is 2. The highest BCUT2D eigenvalue weighted by Gasteiger charge is 2.17. The van der Waals surface area contributed by atoms with Gasteiger partial charge in [0.25, 0.3) is 5.56 Å². The summed E-state index contributed by atoms with van der Waals surface area (Å²) in [4.78, 5) is 38.8. The van der Waals surface area contributed by atoms with Gasteiger partial charge in [-0.05, 0) is 47.2 Å². The van der Waals surface area contributed by atoms with Gasteiger partial charge in [0, 0.05) is 19.5 Å². The van der Waals surface area contributed by atoms with Gasteiger partial charge in [-0.3, -0.25) is 18.7 Å². The predicted octanol–water partition coefficient (Wildman–Crippen LogP) is 3.02. The number of aryl methyl sites for hydroxylation is 1. The number of nitrogens with one attached hydrogen (secondary N) is 1. The fourth-order valence-electron chi connectivity index (χ4n) is 3.99. The lowest BCUT2D eigenvalue weighted by Crippen LogP contribution is -2.41. The minimum absolute atomic E-state index is 0.00620. The van der Waals surface area contributed by atoms with Gasteiger partial charge in [0.15, 0.2) is 11.5 Å². The summed E-state index contributed by atoms with van der Waals surface area (Å²) in [5, 5.41) is 4.64. The molecule has 2 aromatic carbocycles. The summed E-state index contributed by atoms with van der Waals surface area (Å²) in [6, 6.07) is 15.1. The van der Waals surface area contributed by atoms with Crippen molar-refractivity contribution in [1.29, 1.82) is 0 Å². The first-order valence-corrected chi connectivity index (χ1v) is 11.8. The highest BCUT2D eigenvalue weighted by atomic mass is 32.1. The second kappa shape index (κ2) is 9.18. The van der Waals surface area contributed by atoms with Crippen LogP contribution >= 0.6 is 11.3 Å². The molecule has 0 radical (unpaired) electrons. The van der Waals surface area contributed by atoms with Gasteiger partial charge in [0.1, 0.15) is 4.70 Å². The van der Waals surface area contributed by atoms with Gasteiger partial charge < -0.3 is 14.8 Å². The van der Waals surface area contributed by atoms with Gasteiger partial charge in [0.05, 0.1) is 12.1 Å². The van der Waals surface area contributed by atoms with Crippen LogP contribution in [0.5, 0.6) is 11.5 Å². The normalized spacial score (nSPS) is 12.3. The molecule has 0 saturated carbocycles. The molecule has 5 rings (SSSR count). The Balaban J connectivity index is 1.33. The molecule has 0 bridgehead atoms. The summed E-state index contributed by atoms with van der Waals surface area (Å²) in [5.74, 6) is 1.08. The number of benzene rings is 2. The lowest BCUT2D eigenvalue weighted by Gasteiger charge is -2.13. The third-order valence-corrected chi connectivity index (χ3v) is 6.81. The molecule has 9 heteroatoms. The molecule has 0 unspecified atom stereocenters. The smallest absolute Gasteiger partial charge is 0.331 e. The van der Waals surface area contributed by atoms with E-state index in [1.165, 1.54) is 11.3 Å². The Hall–Kier alpha value is -3.85. The number of hydrogen-bond donors (Lipinski definition) is 1. The second-order valence-corrected chi connectivity index (χ2v) is 9.02. The Morgan fingerprint density at radius 1 is 1.06 bits per heavy atom. The van der Waals surface area contributed by atoms with Gasteiger partial charge in [-0.15, -0.1) is 11.3 Å². The monoisotopic (exact) mass is 477 g/mol. The highest BCUT2D eigenvalue weighted by molar-refractivity contribution is 7.17. The van der Waals surface area contributed by atoms with Crippen LogP contribution in [0.25, 0.3) is 10.2 Å². The third-order valence-electron chi connectivity index (χ3n) is 5.92. The number of thiophene rings is 1. The van der Waals surface area contributed by atoms with Crippen LogP contribution < -0.4 is 26.0 Å². The first-order chi connectivity index (χ1) is 16.5. The van der Waals surface area contributed by atoms with Crippen LogP contribution in [0.15, 0.2) is 63.5 Å². The maximum atomic E-state index is 13.3. The summed E-state index contributed by atoms with van der Waals surface area (Å²) in [5.41, 5.74) is 2.78.